The van der Waals surface area contributed by atoms with E-state index in [2.05, 4.69) is 4.90 Å². The summed E-state index contributed by atoms with van der Waals surface area (Å²) in [6.07, 6.45) is 5.86. The monoisotopic (exact) mass is 507 g/mol. The lowest BCUT2D eigenvalue weighted by atomic mass is 10.1. The van der Waals surface area contributed by atoms with Crippen molar-refractivity contribution in [2.45, 2.75) is 58.7 Å². The van der Waals surface area contributed by atoms with Gasteiger partial charge in [-0.15, -0.1) is 0 Å². The van der Waals surface area contributed by atoms with Crippen LogP contribution in [0, 0.1) is 5.82 Å². The number of thioether (sulfide) groups is 1. The van der Waals surface area contributed by atoms with Crippen LogP contribution in [0.25, 0.3) is 11.2 Å². The van der Waals surface area contributed by atoms with Crippen LogP contribution in [0.3, 0.4) is 0 Å². The zero-order valence-corrected chi connectivity index (χ0v) is 21.5. The van der Waals surface area contributed by atoms with Crippen LogP contribution in [0.2, 0.25) is 5.02 Å². The molecule has 1 aliphatic heterocycles. The predicted octanol–water partition coefficient (Wildman–Crippen LogP) is 4.52. The molecule has 0 radical (unpaired) electrons. The molecule has 0 unspecified atom stereocenters. The minimum absolute atomic E-state index is 0.0597. The van der Waals surface area contributed by atoms with Gasteiger partial charge in [-0.3, -0.25) is 18.5 Å². The highest BCUT2D eigenvalue weighted by Crippen LogP contribution is 2.28. The van der Waals surface area contributed by atoms with Gasteiger partial charge in [-0.05, 0) is 63.7 Å². The van der Waals surface area contributed by atoms with E-state index < -0.39 is 5.82 Å². The molecule has 2 aromatic heterocycles. The SMILES string of the molecule is CSCCCn1c(=O)c2c(nc(N3CCCCC3)n2Cc2c(F)cccc2Cl)n(C(C)C)c1=O. The number of hydrogen-bond acceptors (Lipinski definition) is 5. The van der Waals surface area contributed by atoms with E-state index in [1.54, 1.807) is 33.0 Å². The third-order valence-corrected chi connectivity index (χ3v) is 7.36. The molecule has 0 N–H and O–H groups in total. The van der Waals surface area contributed by atoms with E-state index in [-0.39, 0.29) is 23.8 Å². The van der Waals surface area contributed by atoms with Crippen LogP contribution < -0.4 is 16.1 Å². The van der Waals surface area contributed by atoms with Crippen LogP contribution in [0.5, 0.6) is 0 Å². The molecule has 7 nitrogen and oxygen atoms in total. The van der Waals surface area contributed by atoms with Crippen LogP contribution in [-0.2, 0) is 13.1 Å². The molecule has 1 aromatic carbocycles. The third-order valence-electron chi connectivity index (χ3n) is 6.31. The summed E-state index contributed by atoms with van der Waals surface area (Å²) in [5.41, 5.74) is 0.224. The number of piperidine rings is 1. The highest BCUT2D eigenvalue weighted by Gasteiger charge is 2.27. The maximum absolute atomic E-state index is 14.8. The molecule has 1 saturated heterocycles. The first kappa shape index (κ1) is 24.9. The summed E-state index contributed by atoms with van der Waals surface area (Å²) in [6.45, 7) is 5.79. The maximum atomic E-state index is 14.8. The van der Waals surface area contributed by atoms with Crippen LogP contribution in [0.4, 0.5) is 10.3 Å². The van der Waals surface area contributed by atoms with Gasteiger partial charge in [0.15, 0.2) is 11.2 Å². The van der Waals surface area contributed by atoms with Gasteiger partial charge in [0.05, 0.1) is 6.54 Å². The van der Waals surface area contributed by atoms with Crippen molar-refractivity contribution in [2.24, 2.45) is 0 Å². The Labute approximate surface area is 207 Å². The van der Waals surface area contributed by atoms with Gasteiger partial charge >= 0.3 is 5.69 Å². The number of fused-ring (bicyclic) bond motifs is 1. The van der Waals surface area contributed by atoms with E-state index in [9.17, 15) is 14.0 Å². The van der Waals surface area contributed by atoms with Crippen molar-refractivity contribution < 1.29 is 4.39 Å². The standard InChI is InChI=1S/C24H31ClFN5O2S/c1-16(2)31-21-20(22(32)29(24(31)33)13-8-14-34-3)30(15-17-18(25)9-7-10-19(17)26)23(27-21)28-11-5-4-6-12-28/h7,9-10,16H,4-6,8,11-15H2,1-3H3. The van der Waals surface area contributed by atoms with E-state index >= 15 is 0 Å². The van der Waals surface area contributed by atoms with Gasteiger partial charge in [0.1, 0.15) is 5.82 Å². The Morgan fingerprint density at radius 3 is 2.53 bits per heavy atom. The third kappa shape index (κ3) is 4.64. The molecule has 1 aliphatic rings. The molecule has 34 heavy (non-hydrogen) atoms. The summed E-state index contributed by atoms with van der Waals surface area (Å²) < 4.78 is 19.5. The normalized spacial score (nSPS) is 14.5. The molecular formula is C24H31ClFN5O2S. The van der Waals surface area contributed by atoms with E-state index in [0.29, 0.717) is 40.7 Å². The molecule has 3 aromatic rings. The lowest BCUT2D eigenvalue weighted by Gasteiger charge is -2.28. The van der Waals surface area contributed by atoms with Crippen molar-refractivity contribution in [2.75, 3.05) is 30.0 Å². The van der Waals surface area contributed by atoms with Gasteiger partial charge in [0.2, 0.25) is 5.95 Å². The van der Waals surface area contributed by atoms with Crippen molar-refractivity contribution in [1.29, 1.82) is 0 Å². The summed E-state index contributed by atoms with van der Waals surface area (Å²) in [6, 6.07) is 4.38. The second-order valence-electron chi connectivity index (χ2n) is 8.97. The molecule has 10 heteroatoms. The molecule has 0 amide bonds. The topological polar surface area (TPSA) is 65.1 Å². The molecule has 0 bridgehead atoms. The van der Waals surface area contributed by atoms with Crippen molar-refractivity contribution in [1.82, 2.24) is 18.7 Å². The molecule has 0 atom stereocenters. The summed E-state index contributed by atoms with van der Waals surface area (Å²) in [4.78, 5) is 34.1. The van der Waals surface area contributed by atoms with Crippen molar-refractivity contribution in [3.05, 3.63) is 55.4 Å². The van der Waals surface area contributed by atoms with Gasteiger partial charge < -0.3 is 4.90 Å². The number of halogens is 2. The fourth-order valence-electron chi connectivity index (χ4n) is 4.60. The summed E-state index contributed by atoms with van der Waals surface area (Å²) >= 11 is 8.04. The number of aromatic nitrogens is 4. The molecule has 4 rings (SSSR count). The Morgan fingerprint density at radius 2 is 1.88 bits per heavy atom. The van der Waals surface area contributed by atoms with E-state index in [1.807, 2.05) is 20.1 Å². The van der Waals surface area contributed by atoms with Crippen LogP contribution >= 0.6 is 23.4 Å². The smallest absolute Gasteiger partial charge is 0.332 e. The first-order chi connectivity index (χ1) is 16.3. The van der Waals surface area contributed by atoms with Crippen molar-refractivity contribution in [3.63, 3.8) is 0 Å². The highest BCUT2D eigenvalue weighted by atomic mass is 35.5. The van der Waals surface area contributed by atoms with E-state index in [0.717, 1.165) is 38.1 Å². The average molecular weight is 508 g/mol. The molecule has 0 spiro atoms. The summed E-state index contributed by atoms with van der Waals surface area (Å²) in [5, 5.41) is 0.295. The number of nitrogens with zero attached hydrogens (tertiary/aromatic N) is 5. The highest BCUT2D eigenvalue weighted by molar-refractivity contribution is 7.98. The van der Waals surface area contributed by atoms with Crippen LogP contribution in [0.1, 0.15) is 51.1 Å². The summed E-state index contributed by atoms with van der Waals surface area (Å²) in [5.74, 6) is 0.993. The lowest BCUT2D eigenvalue weighted by Crippen LogP contribution is -2.41. The van der Waals surface area contributed by atoms with Gasteiger partial charge in [0.25, 0.3) is 5.56 Å². The molecule has 0 saturated carbocycles. The van der Waals surface area contributed by atoms with Crippen molar-refractivity contribution in [3.8, 4) is 0 Å². The Balaban J connectivity index is 2.01. The number of imidazole rings is 1. The Kier molecular flexibility index (Phi) is 7.72. The number of hydrogen-bond donors (Lipinski definition) is 0. The number of anilines is 1. The molecule has 184 valence electrons. The Morgan fingerprint density at radius 1 is 1.15 bits per heavy atom. The summed E-state index contributed by atoms with van der Waals surface area (Å²) in [7, 11) is 0. The van der Waals surface area contributed by atoms with Crippen LogP contribution in [0.15, 0.2) is 27.8 Å². The fraction of sp³-hybridized carbons (Fsp3) is 0.542. The molecule has 0 aliphatic carbocycles. The van der Waals surface area contributed by atoms with Crippen molar-refractivity contribution >= 4 is 40.5 Å². The first-order valence-electron chi connectivity index (χ1n) is 11.8. The zero-order valence-electron chi connectivity index (χ0n) is 19.9. The Hall–Kier alpha value is -2.26. The Bertz CT molecular complexity index is 1270. The second-order valence-corrected chi connectivity index (χ2v) is 10.4. The maximum Gasteiger partial charge on any atom is 0.332 e. The van der Waals surface area contributed by atoms with Gasteiger partial charge in [-0.1, -0.05) is 17.7 Å². The molecule has 3 heterocycles. The first-order valence-corrected chi connectivity index (χ1v) is 13.5. The zero-order chi connectivity index (χ0) is 24.4. The quantitative estimate of drug-likeness (QED) is 0.419. The van der Waals surface area contributed by atoms with E-state index in [4.69, 9.17) is 16.6 Å². The number of rotatable bonds is 8. The number of benzene rings is 1. The van der Waals surface area contributed by atoms with Gasteiger partial charge in [-0.2, -0.15) is 16.7 Å². The van der Waals surface area contributed by atoms with E-state index in [1.165, 1.54) is 10.6 Å². The minimum Gasteiger partial charge on any atom is -0.342 e. The fourth-order valence-corrected chi connectivity index (χ4v) is 5.24. The largest absolute Gasteiger partial charge is 0.342 e. The van der Waals surface area contributed by atoms with Gasteiger partial charge in [-0.25, -0.2) is 9.18 Å². The minimum atomic E-state index is -0.434. The lowest BCUT2D eigenvalue weighted by molar-refractivity contribution is 0.519. The molecule has 1 fully saturated rings. The molecular weight excluding hydrogens is 477 g/mol. The second kappa shape index (κ2) is 10.6. The predicted molar refractivity (Wildman–Crippen MR) is 138 cm³/mol. The average Bonchev–Trinajstić information content (AvgIpc) is 3.18. The van der Waals surface area contributed by atoms with Gasteiger partial charge in [0, 0.05) is 36.3 Å². The van der Waals surface area contributed by atoms with Crippen LogP contribution in [-0.4, -0.2) is 43.8 Å².